The number of esters is 1. The van der Waals surface area contributed by atoms with Gasteiger partial charge in [-0.2, -0.15) is 0 Å². The lowest BCUT2D eigenvalue weighted by molar-refractivity contribution is -0.290. The van der Waals surface area contributed by atoms with Crippen LogP contribution in [0, 0.1) is 5.82 Å². The maximum absolute atomic E-state index is 13.8. The van der Waals surface area contributed by atoms with Crippen molar-refractivity contribution in [2.45, 2.75) is 103 Å². The van der Waals surface area contributed by atoms with E-state index in [0.717, 1.165) is 5.56 Å². The summed E-state index contributed by atoms with van der Waals surface area (Å²) in [6, 6.07) is 15.6. The lowest BCUT2D eigenvalue weighted by atomic mass is 9.87. The first-order valence-electron chi connectivity index (χ1n) is 13.2. The maximum atomic E-state index is 13.8. The molecule has 4 atom stereocenters. The van der Waals surface area contributed by atoms with Gasteiger partial charge in [-0.3, -0.25) is 4.79 Å². The lowest BCUT2D eigenvalue weighted by Gasteiger charge is -2.40. The number of rotatable bonds is 6. The Morgan fingerprint density at radius 2 is 1.78 bits per heavy atom. The summed E-state index contributed by atoms with van der Waals surface area (Å²) in [5.74, 6) is -1.28. The smallest absolute Gasteiger partial charge is 0.308 e. The second-order valence-electron chi connectivity index (χ2n) is 11.8. The number of halogens is 1. The molecule has 2 unspecified atom stereocenters. The summed E-state index contributed by atoms with van der Waals surface area (Å²) in [6.45, 7) is 13.7. The fourth-order valence-corrected chi connectivity index (χ4v) is 5.56. The monoisotopic (exact) mass is 509 g/mol. The van der Waals surface area contributed by atoms with Gasteiger partial charge in [-0.15, -0.1) is 0 Å². The van der Waals surface area contributed by atoms with E-state index in [9.17, 15) is 9.18 Å². The highest BCUT2D eigenvalue weighted by molar-refractivity contribution is 5.70. The first-order chi connectivity index (χ1) is 17.3. The molecule has 200 valence electrons. The Morgan fingerprint density at radius 3 is 2.43 bits per heavy atom. The fraction of sp³-hybridized carbons (Fsp3) is 0.516. The summed E-state index contributed by atoms with van der Waals surface area (Å²) < 4.78 is 31.6. The number of ether oxygens (including phenoxy) is 3. The lowest BCUT2D eigenvalue weighted by Crippen LogP contribution is -2.45. The highest BCUT2D eigenvalue weighted by atomic mass is 19.1. The summed E-state index contributed by atoms with van der Waals surface area (Å²) >= 11 is 0. The number of benzene rings is 2. The summed E-state index contributed by atoms with van der Waals surface area (Å²) in [4.78, 5) is 14.9. The molecule has 0 amide bonds. The van der Waals surface area contributed by atoms with Crippen LogP contribution < -0.4 is 4.90 Å². The minimum atomic E-state index is -0.827. The molecule has 0 bridgehead atoms. The van der Waals surface area contributed by atoms with Crippen LogP contribution in [0.25, 0.3) is 0 Å². The molecule has 0 aromatic heterocycles. The maximum Gasteiger partial charge on any atom is 0.308 e. The topological polar surface area (TPSA) is 48.0 Å². The molecule has 1 saturated heterocycles. The van der Waals surface area contributed by atoms with Gasteiger partial charge in [-0.25, -0.2) is 4.39 Å². The Labute approximate surface area is 220 Å². The van der Waals surface area contributed by atoms with Crippen molar-refractivity contribution in [3.63, 3.8) is 0 Å². The molecule has 6 heteroatoms. The van der Waals surface area contributed by atoms with E-state index in [-0.39, 0.29) is 48.4 Å². The van der Waals surface area contributed by atoms with Gasteiger partial charge < -0.3 is 19.1 Å². The van der Waals surface area contributed by atoms with E-state index in [1.807, 2.05) is 46.8 Å². The van der Waals surface area contributed by atoms with Crippen molar-refractivity contribution in [1.29, 1.82) is 0 Å². The molecule has 0 N–H and O–H groups in total. The van der Waals surface area contributed by atoms with Crippen molar-refractivity contribution >= 4 is 11.7 Å². The van der Waals surface area contributed by atoms with Crippen LogP contribution in [0.3, 0.4) is 0 Å². The summed E-state index contributed by atoms with van der Waals surface area (Å²) in [6.07, 6.45) is 4.53. The van der Waals surface area contributed by atoms with Gasteiger partial charge in [0, 0.05) is 24.1 Å². The van der Waals surface area contributed by atoms with Crippen LogP contribution in [0.5, 0.6) is 0 Å². The number of fused-ring (bicyclic) bond motifs is 1. The molecular formula is C31H40FNO4. The second-order valence-corrected chi connectivity index (χ2v) is 11.8. The number of para-hydroxylation sites is 1. The molecule has 37 heavy (non-hydrogen) atoms. The quantitative estimate of drug-likeness (QED) is 0.318. The molecule has 2 heterocycles. The Morgan fingerprint density at radius 1 is 1.11 bits per heavy atom. The van der Waals surface area contributed by atoms with Crippen LogP contribution in [0.2, 0.25) is 0 Å². The second kappa shape index (κ2) is 10.6. The van der Waals surface area contributed by atoms with E-state index in [0.29, 0.717) is 6.42 Å². The van der Waals surface area contributed by atoms with Crippen LogP contribution in [0.1, 0.15) is 78.4 Å². The van der Waals surface area contributed by atoms with Crippen LogP contribution in [-0.4, -0.2) is 41.6 Å². The van der Waals surface area contributed by atoms with Gasteiger partial charge in [0.2, 0.25) is 0 Å². The van der Waals surface area contributed by atoms with Crippen molar-refractivity contribution in [3.8, 4) is 0 Å². The molecular weight excluding hydrogens is 469 g/mol. The first kappa shape index (κ1) is 27.3. The van der Waals surface area contributed by atoms with Gasteiger partial charge in [0.05, 0.1) is 24.7 Å². The van der Waals surface area contributed by atoms with Gasteiger partial charge in [-0.05, 0) is 77.8 Å². The van der Waals surface area contributed by atoms with Crippen molar-refractivity contribution in [2.75, 3.05) is 4.90 Å². The van der Waals surface area contributed by atoms with Crippen molar-refractivity contribution < 1.29 is 23.4 Å². The number of hydrogen-bond acceptors (Lipinski definition) is 5. The third kappa shape index (κ3) is 6.60. The van der Waals surface area contributed by atoms with E-state index in [2.05, 4.69) is 55.2 Å². The Balaban J connectivity index is 1.60. The van der Waals surface area contributed by atoms with Gasteiger partial charge in [-0.1, -0.05) is 42.5 Å². The predicted octanol–water partition coefficient (Wildman–Crippen LogP) is 6.75. The third-order valence-corrected chi connectivity index (χ3v) is 6.72. The van der Waals surface area contributed by atoms with Crippen LogP contribution in [0.15, 0.2) is 60.7 Å². The fourth-order valence-electron chi connectivity index (χ4n) is 5.56. The minimum Gasteiger partial charge on any atom is -0.460 e. The van der Waals surface area contributed by atoms with Crippen LogP contribution in [0.4, 0.5) is 10.1 Å². The predicted molar refractivity (Wildman–Crippen MR) is 144 cm³/mol. The van der Waals surface area contributed by atoms with Crippen molar-refractivity contribution in [3.05, 3.63) is 77.6 Å². The van der Waals surface area contributed by atoms with Gasteiger partial charge in [0.15, 0.2) is 5.79 Å². The molecule has 2 aromatic carbocycles. The van der Waals surface area contributed by atoms with Crippen molar-refractivity contribution in [2.24, 2.45) is 0 Å². The summed E-state index contributed by atoms with van der Waals surface area (Å²) in [5.41, 5.74) is 2.96. The molecule has 5 nitrogen and oxygen atoms in total. The van der Waals surface area contributed by atoms with Crippen molar-refractivity contribution in [1.82, 2.24) is 0 Å². The molecule has 0 radical (unpaired) electrons. The molecule has 2 aliphatic heterocycles. The number of carbonyl (C=O) groups is 1. The average Bonchev–Trinajstić information content (AvgIpc) is 3.10. The zero-order valence-electron chi connectivity index (χ0n) is 23.0. The number of nitrogens with zero attached hydrogens (tertiary/aromatic N) is 1. The Bertz CT molecular complexity index is 1120. The SMILES string of the molecule is CC(C)N1c2ccccc2C(c2ccc(F)cc2)C1/C=C/[C@@H]1C[C@H](CC(=O)OC(C)(C)C)OC(C)(C)O1. The normalized spacial score (nSPS) is 25.5. The summed E-state index contributed by atoms with van der Waals surface area (Å²) in [5, 5.41) is 0. The third-order valence-electron chi connectivity index (χ3n) is 6.72. The van der Waals surface area contributed by atoms with Crippen LogP contribution in [-0.2, 0) is 19.0 Å². The Hall–Kier alpha value is -2.70. The van der Waals surface area contributed by atoms with E-state index in [4.69, 9.17) is 14.2 Å². The standard InChI is InChI=1S/C31H40FNO4/c1-20(2)33-26-11-9-8-10-25(26)29(21-12-14-22(32)15-13-21)27(33)17-16-23-18-24(36-31(6,7)35-23)19-28(34)37-30(3,4)5/h8-17,20,23-24,27,29H,18-19H2,1-7H3/b17-16+/t23-,24-,27?,29?/m1/s1. The van der Waals surface area contributed by atoms with E-state index in [1.165, 1.54) is 23.4 Å². The molecule has 0 aliphatic carbocycles. The Kier molecular flexibility index (Phi) is 7.82. The zero-order valence-corrected chi connectivity index (χ0v) is 23.0. The minimum absolute atomic E-state index is 0.0294. The first-order valence-corrected chi connectivity index (χ1v) is 13.2. The highest BCUT2D eigenvalue weighted by Crippen LogP contribution is 2.46. The zero-order chi connectivity index (χ0) is 27.0. The number of carbonyl (C=O) groups excluding carboxylic acids is 1. The van der Waals surface area contributed by atoms with E-state index < -0.39 is 11.4 Å². The van der Waals surface area contributed by atoms with Gasteiger partial charge in [0.1, 0.15) is 11.4 Å². The molecule has 0 spiro atoms. The average molecular weight is 510 g/mol. The number of anilines is 1. The molecule has 4 rings (SSSR count). The van der Waals surface area contributed by atoms with E-state index >= 15 is 0 Å². The molecule has 0 saturated carbocycles. The molecule has 1 fully saturated rings. The summed E-state index contributed by atoms with van der Waals surface area (Å²) in [7, 11) is 0. The molecule has 2 aromatic rings. The van der Waals surface area contributed by atoms with E-state index in [1.54, 1.807) is 0 Å². The number of hydrogen-bond donors (Lipinski definition) is 0. The van der Waals surface area contributed by atoms with Gasteiger partial charge >= 0.3 is 5.97 Å². The van der Waals surface area contributed by atoms with Crippen LogP contribution >= 0.6 is 0 Å². The largest absolute Gasteiger partial charge is 0.460 e. The van der Waals surface area contributed by atoms with Gasteiger partial charge in [0.25, 0.3) is 0 Å². The molecule has 2 aliphatic rings. The highest BCUT2D eigenvalue weighted by Gasteiger charge is 2.40.